The number of hydrogen-bond donors (Lipinski definition) is 3. The van der Waals surface area contributed by atoms with Gasteiger partial charge in [-0.15, -0.1) is 6.42 Å². The van der Waals surface area contributed by atoms with Crippen molar-refractivity contribution in [2.45, 2.75) is 0 Å². The summed E-state index contributed by atoms with van der Waals surface area (Å²) >= 11 is 0. The van der Waals surface area contributed by atoms with Crippen LogP contribution in [-0.4, -0.2) is 23.3 Å². The van der Waals surface area contributed by atoms with Gasteiger partial charge in [0.2, 0.25) is 0 Å². The molecule has 1 heterocycles. The predicted octanol–water partition coefficient (Wildman–Crippen LogP) is 2.78. The minimum atomic E-state index is -0.333. The van der Waals surface area contributed by atoms with Crippen LogP contribution in [0.2, 0.25) is 0 Å². The maximum atomic E-state index is 12.5. The lowest BCUT2D eigenvalue weighted by Gasteiger charge is -2.10. The highest BCUT2D eigenvalue weighted by atomic mass is 16.2. The number of terminal acetylenes is 1. The minimum absolute atomic E-state index is 0.128. The van der Waals surface area contributed by atoms with Crippen LogP contribution in [0.3, 0.4) is 0 Å². The number of benzene rings is 2. The average Bonchev–Trinajstić information content (AvgIpc) is 3.04. The Morgan fingerprint density at radius 1 is 1.04 bits per heavy atom. The Hall–Kier alpha value is -3.52. The van der Waals surface area contributed by atoms with Gasteiger partial charge in [0.1, 0.15) is 5.69 Å². The molecule has 1 aromatic heterocycles. The van der Waals surface area contributed by atoms with Gasteiger partial charge in [0.15, 0.2) is 0 Å². The normalized spacial score (nSPS) is 10.1. The Morgan fingerprint density at radius 2 is 1.79 bits per heavy atom. The summed E-state index contributed by atoms with van der Waals surface area (Å²) in [6, 6.07) is 16.2. The molecule has 3 rings (SSSR count). The second-order valence-electron chi connectivity index (χ2n) is 5.16. The monoisotopic (exact) mass is 317 g/mol. The van der Waals surface area contributed by atoms with Crippen LogP contribution in [0, 0.1) is 12.3 Å². The first-order chi connectivity index (χ1) is 11.7. The summed E-state index contributed by atoms with van der Waals surface area (Å²) in [5.41, 5.74) is 2.09. The van der Waals surface area contributed by atoms with E-state index in [1.165, 1.54) is 0 Å². The number of H-pyrrole nitrogens is 1. The first kappa shape index (κ1) is 15.4. The molecule has 0 atom stereocenters. The third-order valence-corrected chi connectivity index (χ3v) is 3.55. The summed E-state index contributed by atoms with van der Waals surface area (Å²) < 4.78 is 0. The van der Waals surface area contributed by atoms with E-state index < -0.39 is 0 Å². The van der Waals surface area contributed by atoms with Gasteiger partial charge in [-0.3, -0.25) is 9.59 Å². The third kappa shape index (κ3) is 3.13. The summed E-state index contributed by atoms with van der Waals surface area (Å²) in [5.74, 6) is 1.70. The van der Waals surface area contributed by atoms with Crippen LogP contribution in [0.15, 0.2) is 54.6 Å². The van der Waals surface area contributed by atoms with E-state index >= 15 is 0 Å². The highest BCUT2D eigenvalue weighted by Gasteiger charge is 2.15. The number of carbonyl (C=O) groups is 2. The van der Waals surface area contributed by atoms with Gasteiger partial charge in [0.25, 0.3) is 11.8 Å². The van der Waals surface area contributed by atoms with Gasteiger partial charge in [0.05, 0.1) is 17.8 Å². The molecule has 5 heteroatoms. The van der Waals surface area contributed by atoms with Gasteiger partial charge < -0.3 is 15.6 Å². The van der Waals surface area contributed by atoms with Crippen LogP contribution in [0.4, 0.5) is 5.69 Å². The van der Waals surface area contributed by atoms with Gasteiger partial charge in [0, 0.05) is 10.9 Å². The number of hydrogen-bond acceptors (Lipinski definition) is 2. The summed E-state index contributed by atoms with van der Waals surface area (Å²) in [5, 5.41) is 6.30. The van der Waals surface area contributed by atoms with Crippen LogP contribution in [-0.2, 0) is 0 Å². The van der Waals surface area contributed by atoms with E-state index in [0.29, 0.717) is 16.9 Å². The zero-order chi connectivity index (χ0) is 16.9. The Bertz CT molecular complexity index is 917. The third-order valence-electron chi connectivity index (χ3n) is 3.55. The molecule has 2 aromatic carbocycles. The standard InChI is InChI=1S/C19H15N3O2/c1-2-11-20-18(23)14-8-4-6-10-16(14)22-19(24)17-12-13-7-3-5-9-15(13)21-17/h1,3-10,12,21H,11H2,(H,20,23)(H,22,24). The van der Waals surface area contributed by atoms with Gasteiger partial charge in [-0.2, -0.15) is 0 Å². The predicted molar refractivity (Wildman–Crippen MR) is 93.9 cm³/mol. The molecule has 0 saturated carbocycles. The van der Waals surface area contributed by atoms with Crippen molar-refractivity contribution in [3.63, 3.8) is 0 Å². The Morgan fingerprint density at radius 3 is 2.58 bits per heavy atom. The number of nitrogens with one attached hydrogen (secondary N) is 3. The Labute approximate surface area is 139 Å². The zero-order valence-corrected chi connectivity index (χ0v) is 12.8. The molecule has 0 saturated heterocycles. The van der Waals surface area contributed by atoms with Crippen molar-refractivity contribution >= 4 is 28.4 Å². The smallest absolute Gasteiger partial charge is 0.272 e. The molecule has 0 bridgehead atoms. The van der Waals surface area contributed by atoms with Crippen molar-refractivity contribution in [1.82, 2.24) is 10.3 Å². The highest BCUT2D eigenvalue weighted by Crippen LogP contribution is 2.18. The molecule has 118 valence electrons. The van der Waals surface area contributed by atoms with E-state index in [0.717, 1.165) is 10.9 Å². The minimum Gasteiger partial charge on any atom is -0.351 e. The molecule has 24 heavy (non-hydrogen) atoms. The highest BCUT2D eigenvalue weighted by molar-refractivity contribution is 6.09. The Balaban J connectivity index is 1.84. The fourth-order valence-electron chi connectivity index (χ4n) is 2.40. The molecule has 0 unspecified atom stereocenters. The molecule has 0 fully saturated rings. The quantitative estimate of drug-likeness (QED) is 0.647. The second-order valence-corrected chi connectivity index (χ2v) is 5.16. The molecular formula is C19H15N3O2. The molecule has 3 N–H and O–H groups in total. The van der Waals surface area contributed by atoms with Crippen molar-refractivity contribution < 1.29 is 9.59 Å². The van der Waals surface area contributed by atoms with Crippen LogP contribution in [0.5, 0.6) is 0 Å². The lowest BCUT2D eigenvalue weighted by atomic mass is 10.1. The second kappa shape index (κ2) is 6.71. The van der Waals surface area contributed by atoms with Gasteiger partial charge in [-0.25, -0.2) is 0 Å². The van der Waals surface area contributed by atoms with Crippen LogP contribution in [0.1, 0.15) is 20.8 Å². The topological polar surface area (TPSA) is 74.0 Å². The fourth-order valence-corrected chi connectivity index (χ4v) is 2.40. The van der Waals surface area contributed by atoms with Crippen LogP contribution < -0.4 is 10.6 Å². The summed E-state index contributed by atoms with van der Waals surface area (Å²) in [6.45, 7) is 0.128. The summed E-state index contributed by atoms with van der Waals surface area (Å²) in [6.07, 6.45) is 5.15. The molecule has 5 nitrogen and oxygen atoms in total. The summed E-state index contributed by atoms with van der Waals surface area (Å²) in [7, 11) is 0. The molecule has 2 amide bonds. The maximum Gasteiger partial charge on any atom is 0.272 e. The largest absolute Gasteiger partial charge is 0.351 e. The van der Waals surface area contributed by atoms with Gasteiger partial charge in [-0.1, -0.05) is 36.3 Å². The number of carbonyl (C=O) groups excluding carboxylic acids is 2. The lowest BCUT2D eigenvalue weighted by molar-refractivity contribution is 0.0959. The zero-order valence-electron chi connectivity index (χ0n) is 12.8. The molecule has 0 spiro atoms. The van der Waals surface area contributed by atoms with Crippen molar-refractivity contribution in [3.8, 4) is 12.3 Å². The summed E-state index contributed by atoms with van der Waals surface area (Å²) in [4.78, 5) is 27.6. The maximum absolute atomic E-state index is 12.5. The molecule has 0 aliphatic carbocycles. The number of amides is 2. The molecule has 0 aliphatic heterocycles. The number of aromatic amines is 1. The van der Waals surface area contributed by atoms with Gasteiger partial charge >= 0.3 is 0 Å². The van der Waals surface area contributed by atoms with E-state index in [1.54, 1.807) is 30.3 Å². The SMILES string of the molecule is C#CCNC(=O)c1ccccc1NC(=O)c1cc2ccccc2[nH]1. The first-order valence-corrected chi connectivity index (χ1v) is 7.39. The van der Waals surface area contributed by atoms with E-state index in [9.17, 15) is 9.59 Å². The van der Waals surface area contributed by atoms with Crippen molar-refractivity contribution in [3.05, 3.63) is 65.9 Å². The van der Waals surface area contributed by atoms with Crippen molar-refractivity contribution in [2.24, 2.45) is 0 Å². The average molecular weight is 317 g/mol. The van der Waals surface area contributed by atoms with E-state index in [1.807, 2.05) is 24.3 Å². The van der Waals surface area contributed by atoms with E-state index in [2.05, 4.69) is 21.5 Å². The molecular weight excluding hydrogens is 302 g/mol. The fraction of sp³-hybridized carbons (Fsp3) is 0.0526. The Kier molecular flexibility index (Phi) is 4.30. The lowest BCUT2D eigenvalue weighted by Crippen LogP contribution is -2.25. The number of aromatic nitrogens is 1. The van der Waals surface area contributed by atoms with E-state index in [4.69, 9.17) is 6.42 Å². The van der Waals surface area contributed by atoms with Crippen LogP contribution >= 0.6 is 0 Å². The number of anilines is 1. The molecule has 3 aromatic rings. The number of rotatable bonds is 4. The van der Waals surface area contributed by atoms with Crippen molar-refractivity contribution in [1.29, 1.82) is 0 Å². The molecule has 0 aliphatic rings. The van der Waals surface area contributed by atoms with Gasteiger partial charge in [-0.05, 0) is 24.3 Å². The number of para-hydroxylation sites is 2. The molecule has 0 radical (unpaired) electrons. The van der Waals surface area contributed by atoms with Crippen LogP contribution in [0.25, 0.3) is 10.9 Å². The van der Waals surface area contributed by atoms with Crippen molar-refractivity contribution in [2.75, 3.05) is 11.9 Å². The van der Waals surface area contributed by atoms with E-state index in [-0.39, 0.29) is 18.4 Å². The number of fused-ring (bicyclic) bond motifs is 1. The first-order valence-electron chi connectivity index (χ1n) is 7.39.